The molecule has 0 amide bonds. The highest BCUT2D eigenvalue weighted by Crippen LogP contribution is 2.37. The maximum absolute atomic E-state index is 13.5. The van der Waals surface area contributed by atoms with Crippen molar-refractivity contribution in [2.75, 3.05) is 25.0 Å². The molecule has 5 heteroatoms. The van der Waals surface area contributed by atoms with Gasteiger partial charge in [-0.2, -0.15) is 0 Å². The molecule has 3 heterocycles. The van der Waals surface area contributed by atoms with Crippen LogP contribution in [0.3, 0.4) is 0 Å². The zero-order valence-electron chi connectivity index (χ0n) is 11.5. The van der Waals surface area contributed by atoms with E-state index in [0.717, 1.165) is 37.3 Å². The van der Waals surface area contributed by atoms with Crippen molar-refractivity contribution < 1.29 is 4.39 Å². The summed E-state index contributed by atoms with van der Waals surface area (Å²) in [7, 11) is 1.96. The third kappa shape index (κ3) is 2.55. The fraction of sp³-hybridized carbons (Fsp3) is 0.400. The first-order valence-corrected chi connectivity index (χ1v) is 7.76. The van der Waals surface area contributed by atoms with Gasteiger partial charge in [0.1, 0.15) is 5.82 Å². The van der Waals surface area contributed by atoms with Gasteiger partial charge in [-0.05, 0) is 31.5 Å². The molecule has 0 fully saturated rings. The van der Waals surface area contributed by atoms with Gasteiger partial charge < -0.3 is 10.2 Å². The molecule has 2 aromatic heterocycles. The number of hydrogen-bond donors (Lipinski definition) is 1. The topological polar surface area (TPSA) is 28.2 Å². The molecule has 0 radical (unpaired) electrons. The smallest absolute Gasteiger partial charge is 0.143 e. The number of hydrogen-bond acceptors (Lipinski definition) is 4. The highest BCUT2D eigenvalue weighted by atomic mass is 32.1. The van der Waals surface area contributed by atoms with Crippen LogP contribution < -0.4 is 10.2 Å². The number of anilines is 1. The summed E-state index contributed by atoms with van der Waals surface area (Å²) in [5.41, 5.74) is 1.97. The summed E-state index contributed by atoms with van der Waals surface area (Å²) in [6.45, 7) is 1.86. The summed E-state index contributed by atoms with van der Waals surface area (Å²) in [6.07, 6.45) is 3.22. The maximum Gasteiger partial charge on any atom is 0.143 e. The molecule has 0 saturated heterocycles. The average Bonchev–Trinajstić information content (AvgIpc) is 3.09. The first kappa shape index (κ1) is 13.5. The molecule has 1 aliphatic rings. The van der Waals surface area contributed by atoms with Crippen LogP contribution in [-0.4, -0.2) is 25.1 Å². The van der Waals surface area contributed by atoms with Gasteiger partial charge in [-0.15, -0.1) is 11.3 Å². The second-order valence-electron chi connectivity index (χ2n) is 4.99. The summed E-state index contributed by atoms with van der Waals surface area (Å²) in [4.78, 5) is 7.86. The van der Waals surface area contributed by atoms with E-state index in [-0.39, 0.29) is 5.82 Å². The summed E-state index contributed by atoms with van der Waals surface area (Å²) in [5, 5.41) is 5.31. The van der Waals surface area contributed by atoms with Gasteiger partial charge in [0, 0.05) is 23.9 Å². The van der Waals surface area contributed by atoms with Crippen LogP contribution >= 0.6 is 11.3 Å². The SMILES string of the molecule is CNCC[C@H](c1cccs1)N1CCc2ncc(F)cc21. The molecule has 3 rings (SSSR count). The number of pyridine rings is 1. The van der Waals surface area contributed by atoms with Gasteiger partial charge >= 0.3 is 0 Å². The summed E-state index contributed by atoms with van der Waals surface area (Å²) in [5.74, 6) is -0.255. The van der Waals surface area contributed by atoms with Crippen molar-refractivity contribution in [3.05, 3.63) is 46.2 Å². The van der Waals surface area contributed by atoms with E-state index in [4.69, 9.17) is 0 Å². The molecule has 106 valence electrons. The summed E-state index contributed by atoms with van der Waals surface area (Å²) >= 11 is 1.76. The molecule has 20 heavy (non-hydrogen) atoms. The second-order valence-corrected chi connectivity index (χ2v) is 5.97. The lowest BCUT2D eigenvalue weighted by Gasteiger charge is -2.29. The van der Waals surface area contributed by atoms with Crippen LogP contribution in [0, 0.1) is 5.82 Å². The van der Waals surface area contributed by atoms with E-state index in [0.29, 0.717) is 6.04 Å². The van der Waals surface area contributed by atoms with Crippen LogP contribution in [0.25, 0.3) is 0 Å². The molecule has 2 aromatic rings. The predicted octanol–water partition coefficient (Wildman–Crippen LogP) is 3.00. The van der Waals surface area contributed by atoms with Gasteiger partial charge in [-0.3, -0.25) is 4.98 Å². The first-order chi connectivity index (χ1) is 9.79. The van der Waals surface area contributed by atoms with Crippen molar-refractivity contribution in [3.8, 4) is 0 Å². The quantitative estimate of drug-likeness (QED) is 0.918. The third-order valence-corrected chi connectivity index (χ3v) is 4.70. The number of halogens is 1. The van der Waals surface area contributed by atoms with E-state index in [2.05, 4.69) is 32.7 Å². The Balaban J connectivity index is 1.91. The first-order valence-electron chi connectivity index (χ1n) is 6.88. The molecule has 1 aliphatic heterocycles. The van der Waals surface area contributed by atoms with E-state index >= 15 is 0 Å². The fourth-order valence-corrected chi connectivity index (χ4v) is 3.66. The zero-order chi connectivity index (χ0) is 13.9. The van der Waals surface area contributed by atoms with E-state index in [1.54, 1.807) is 17.4 Å². The number of thiophene rings is 1. The zero-order valence-corrected chi connectivity index (χ0v) is 12.3. The van der Waals surface area contributed by atoms with Crippen LogP contribution in [0.4, 0.5) is 10.1 Å². The standard InChI is InChI=1S/C15H18FN3S/c1-17-6-4-13(15-3-2-8-20-15)19-7-5-12-14(19)9-11(16)10-18-12/h2-3,8-10,13,17H,4-7H2,1H3/t13-/m1/s1. The number of rotatable bonds is 5. The largest absolute Gasteiger partial charge is 0.362 e. The van der Waals surface area contributed by atoms with E-state index in [9.17, 15) is 4.39 Å². The Kier molecular flexibility index (Phi) is 3.98. The Bertz CT molecular complexity index is 571. The van der Waals surface area contributed by atoms with Crippen molar-refractivity contribution in [1.82, 2.24) is 10.3 Å². The number of nitrogens with one attached hydrogen (secondary N) is 1. The number of nitrogens with zero attached hydrogens (tertiary/aromatic N) is 2. The van der Waals surface area contributed by atoms with Gasteiger partial charge in [0.2, 0.25) is 0 Å². The molecule has 0 aliphatic carbocycles. The predicted molar refractivity (Wildman–Crippen MR) is 80.8 cm³/mol. The molecule has 0 aromatic carbocycles. The molecule has 0 unspecified atom stereocenters. The minimum atomic E-state index is -0.255. The van der Waals surface area contributed by atoms with Crippen LogP contribution in [0.2, 0.25) is 0 Å². The molecule has 1 atom stereocenters. The minimum Gasteiger partial charge on any atom is -0.362 e. The van der Waals surface area contributed by atoms with Crippen molar-refractivity contribution in [1.29, 1.82) is 0 Å². The normalized spacial score (nSPS) is 15.4. The van der Waals surface area contributed by atoms with Gasteiger partial charge in [0.05, 0.1) is 23.6 Å². The average molecular weight is 291 g/mol. The Morgan fingerprint density at radius 1 is 1.55 bits per heavy atom. The van der Waals surface area contributed by atoms with Gasteiger partial charge in [-0.25, -0.2) is 4.39 Å². The molecular formula is C15H18FN3S. The Labute approximate surface area is 122 Å². The number of fused-ring (bicyclic) bond motifs is 1. The van der Waals surface area contributed by atoms with Crippen molar-refractivity contribution in [3.63, 3.8) is 0 Å². The third-order valence-electron chi connectivity index (χ3n) is 3.73. The van der Waals surface area contributed by atoms with Gasteiger partial charge in [-0.1, -0.05) is 6.07 Å². The lowest BCUT2D eigenvalue weighted by Crippen LogP contribution is -2.28. The monoisotopic (exact) mass is 291 g/mol. The van der Waals surface area contributed by atoms with E-state index in [1.807, 2.05) is 7.05 Å². The molecule has 1 N–H and O–H groups in total. The highest BCUT2D eigenvalue weighted by Gasteiger charge is 2.28. The molecule has 0 saturated carbocycles. The molecule has 0 bridgehead atoms. The summed E-state index contributed by atoms with van der Waals surface area (Å²) < 4.78 is 13.5. The lowest BCUT2D eigenvalue weighted by molar-refractivity contribution is 0.574. The maximum atomic E-state index is 13.5. The van der Waals surface area contributed by atoms with Crippen LogP contribution in [0.15, 0.2) is 29.8 Å². The number of aromatic nitrogens is 1. The highest BCUT2D eigenvalue weighted by molar-refractivity contribution is 7.10. The lowest BCUT2D eigenvalue weighted by atomic mass is 10.1. The van der Waals surface area contributed by atoms with Crippen molar-refractivity contribution in [2.24, 2.45) is 0 Å². The van der Waals surface area contributed by atoms with E-state index < -0.39 is 0 Å². The Morgan fingerprint density at radius 3 is 3.20 bits per heavy atom. The van der Waals surface area contributed by atoms with Crippen LogP contribution in [0.1, 0.15) is 23.0 Å². The molecular weight excluding hydrogens is 273 g/mol. The second kappa shape index (κ2) is 5.89. The summed E-state index contributed by atoms with van der Waals surface area (Å²) in [6, 6.07) is 6.16. The van der Waals surface area contributed by atoms with Crippen LogP contribution in [0.5, 0.6) is 0 Å². The van der Waals surface area contributed by atoms with Crippen LogP contribution in [-0.2, 0) is 6.42 Å². The van der Waals surface area contributed by atoms with Gasteiger partial charge in [0.15, 0.2) is 0 Å². The van der Waals surface area contributed by atoms with Gasteiger partial charge in [0.25, 0.3) is 0 Å². The molecule has 3 nitrogen and oxygen atoms in total. The Hall–Kier alpha value is -1.46. The van der Waals surface area contributed by atoms with Crippen molar-refractivity contribution >= 4 is 17.0 Å². The van der Waals surface area contributed by atoms with E-state index in [1.165, 1.54) is 11.1 Å². The minimum absolute atomic E-state index is 0.255. The van der Waals surface area contributed by atoms with Crippen molar-refractivity contribution in [2.45, 2.75) is 18.9 Å². The fourth-order valence-electron chi connectivity index (χ4n) is 2.78. The molecule has 0 spiro atoms. The Morgan fingerprint density at radius 2 is 2.45 bits per heavy atom.